The molecule has 0 fully saturated rings. The van der Waals surface area contributed by atoms with Crippen molar-refractivity contribution >= 4 is 6.29 Å². The van der Waals surface area contributed by atoms with Crippen molar-refractivity contribution in [2.24, 2.45) is 0 Å². The molecule has 7 heteroatoms. The first kappa shape index (κ1) is 10.5. The monoisotopic (exact) mass is 220 g/mol. The molecule has 16 heavy (non-hydrogen) atoms. The minimum absolute atomic E-state index is 0.242. The van der Waals surface area contributed by atoms with Crippen LogP contribution in [-0.4, -0.2) is 36.0 Å². The standard InChI is InChI=1S/C9H12N6O/c1-7(2)15-9(10-6-11-15)4-14-3-8(5-16)12-13-14/h3,5-7H,4H2,1-2H3. The lowest BCUT2D eigenvalue weighted by molar-refractivity contribution is 0.111. The molecule has 0 bridgehead atoms. The van der Waals surface area contributed by atoms with E-state index in [1.165, 1.54) is 6.33 Å². The normalized spacial score (nSPS) is 10.9. The average Bonchev–Trinajstić information content (AvgIpc) is 2.87. The molecule has 0 unspecified atom stereocenters. The van der Waals surface area contributed by atoms with Gasteiger partial charge in [0.15, 0.2) is 6.29 Å². The Hall–Kier alpha value is -2.05. The molecule has 0 aromatic carbocycles. The van der Waals surface area contributed by atoms with Crippen molar-refractivity contribution in [3.63, 3.8) is 0 Å². The second-order valence-corrected chi connectivity index (χ2v) is 3.67. The molecule has 0 saturated heterocycles. The van der Waals surface area contributed by atoms with Gasteiger partial charge in [0.1, 0.15) is 24.4 Å². The molecule has 0 aliphatic rings. The molecular weight excluding hydrogens is 208 g/mol. The van der Waals surface area contributed by atoms with Crippen LogP contribution in [0.5, 0.6) is 0 Å². The first-order chi connectivity index (χ1) is 7.70. The molecule has 0 amide bonds. The van der Waals surface area contributed by atoms with Gasteiger partial charge in [-0.15, -0.1) is 5.10 Å². The highest BCUT2D eigenvalue weighted by Gasteiger charge is 2.09. The summed E-state index contributed by atoms with van der Waals surface area (Å²) in [5.74, 6) is 0.789. The molecular formula is C9H12N6O. The van der Waals surface area contributed by atoms with E-state index in [2.05, 4.69) is 20.4 Å². The first-order valence-electron chi connectivity index (χ1n) is 4.94. The number of hydrogen-bond donors (Lipinski definition) is 0. The molecule has 0 N–H and O–H groups in total. The Balaban J connectivity index is 2.20. The van der Waals surface area contributed by atoms with Crippen molar-refractivity contribution in [2.75, 3.05) is 0 Å². The second kappa shape index (κ2) is 4.21. The van der Waals surface area contributed by atoms with Crippen LogP contribution in [0.25, 0.3) is 0 Å². The fourth-order valence-corrected chi connectivity index (χ4v) is 1.41. The Bertz CT molecular complexity index is 486. The van der Waals surface area contributed by atoms with E-state index in [0.717, 1.165) is 5.82 Å². The van der Waals surface area contributed by atoms with Crippen LogP contribution in [0.1, 0.15) is 36.2 Å². The van der Waals surface area contributed by atoms with Crippen LogP contribution < -0.4 is 0 Å². The van der Waals surface area contributed by atoms with E-state index in [4.69, 9.17) is 0 Å². The molecule has 2 rings (SSSR count). The van der Waals surface area contributed by atoms with Crippen LogP contribution in [0.4, 0.5) is 0 Å². The summed E-state index contributed by atoms with van der Waals surface area (Å²) in [6.45, 7) is 4.51. The van der Waals surface area contributed by atoms with E-state index < -0.39 is 0 Å². The lowest BCUT2D eigenvalue weighted by Crippen LogP contribution is -2.12. The van der Waals surface area contributed by atoms with Gasteiger partial charge in [-0.3, -0.25) is 4.79 Å². The maximum atomic E-state index is 10.4. The van der Waals surface area contributed by atoms with Crippen LogP contribution in [0.15, 0.2) is 12.5 Å². The minimum Gasteiger partial charge on any atom is -0.296 e. The highest BCUT2D eigenvalue weighted by Crippen LogP contribution is 2.06. The van der Waals surface area contributed by atoms with Gasteiger partial charge in [-0.2, -0.15) is 5.10 Å². The van der Waals surface area contributed by atoms with Crippen LogP contribution in [0, 0.1) is 0 Å². The Morgan fingerprint density at radius 1 is 1.50 bits per heavy atom. The molecule has 2 aromatic rings. The van der Waals surface area contributed by atoms with Gasteiger partial charge >= 0.3 is 0 Å². The van der Waals surface area contributed by atoms with E-state index >= 15 is 0 Å². The average molecular weight is 220 g/mol. The van der Waals surface area contributed by atoms with E-state index in [0.29, 0.717) is 18.5 Å². The molecule has 7 nitrogen and oxygen atoms in total. The third-order valence-corrected chi connectivity index (χ3v) is 2.12. The topological polar surface area (TPSA) is 78.5 Å². The van der Waals surface area contributed by atoms with Crippen LogP contribution in [0.2, 0.25) is 0 Å². The maximum Gasteiger partial charge on any atom is 0.171 e. The van der Waals surface area contributed by atoms with Gasteiger partial charge < -0.3 is 0 Å². The lowest BCUT2D eigenvalue weighted by Gasteiger charge is -2.08. The molecule has 0 aliphatic carbocycles. The molecule has 84 valence electrons. The fraction of sp³-hybridized carbons (Fsp3) is 0.444. The SMILES string of the molecule is CC(C)n1ncnc1Cn1cc(C=O)nn1. The summed E-state index contributed by atoms with van der Waals surface area (Å²) in [7, 11) is 0. The number of nitrogens with zero attached hydrogens (tertiary/aromatic N) is 6. The summed E-state index contributed by atoms with van der Waals surface area (Å²) in [6.07, 6.45) is 3.75. The summed E-state index contributed by atoms with van der Waals surface area (Å²) in [5, 5.41) is 11.6. The van der Waals surface area contributed by atoms with Crippen molar-refractivity contribution in [1.82, 2.24) is 29.8 Å². The van der Waals surface area contributed by atoms with Crippen molar-refractivity contribution in [3.8, 4) is 0 Å². The fourth-order valence-electron chi connectivity index (χ4n) is 1.41. The van der Waals surface area contributed by atoms with Crippen molar-refractivity contribution in [2.45, 2.75) is 26.4 Å². The number of carbonyl (C=O) groups is 1. The van der Waals surface area contributed by atoms with Crippen LogP contribution >= 0.6 is 0 Å². The zero-order valence-electron chi connectivity index (χ0n) is 9.11. The highest BCUT2D eigenvalue weighted by atomic mass is 16.1. The summed E-state index contributed by atoms with van der Waals surface area (Å²) in [6, 6.07) is 0.242. The van der Waals surface area contributed by atoms with Crippen molar-refractivity contribution in [3.05, 3.63) is 24.0 Å². The number of aldehydes is 1. The zero-order chi connectivity index (χ0) is 11.5. The molecule has 0 atom stereocenters. The third-order valence-electron chi connectivity index (χ3n) is 2.12. The molecule has 0 saturated carbocycles. The quantitative estimate of drug-likeness (QED) is 0.693. The second-order valence-electron chi connectivity index (χ2n) is 3.67. The molecule has 0 aliphatic heterocycles. The van der Waals surface area contributed by atoms with Crippen molar-refractivity contribution < 1.29 is 4.79 Å². The molecule has 2 aromatic heterocycles. The summed E-state index contributed by atoms with van der Waals surface area (Å²) >= 11 is 0. The van der Waals surface area contributed by atoms with Gasteiger partial charge in [0.05, 0.1) is 6.20 Å². The Morgan fingerprint density at radius 3 is 2.94 bits per heavy atom. The minimum atomic E-state index is 0.242. The maximum absolute atomic E-state index is 10.4. The first-order valence-corrected chi connectivity index (χ1v) is 4.94. The van der Waals surface area contributed by atoms with Gasteiger partial charge in [0, 0.05) is 6.04 Å². The largest absolute Gasteiger partial charge is 0.296 e. The number of aromatic nitrogens is 6. The van der Waals surface area contributed by atoms with Gasteiger partial charge in [-0.05, 0) is 13.8 Å². The van der Waals surface area contributed by atoms with E-state index in [9.17, 15) is 4.79 Å². The molecule has 2 heterocycles. The van der Waals surface area contributed by atoms with Gasteiger partial charge in [-0.1, -0.05) is 5.21 Å². The van der Waals surface area contributed by atoms with E-state index in [-0.39, 0.29) is 6.04 Å². The Labute approximate surface area is 92.1 Å². The number of hydrogen-bond acceptors (Lipinski definition) is 5. The lowest BCUT2D eigenvalue weighted by atomic mass is 10.4. The Morgan fingerprint density at radius 2 is 2.31 bits per heavy atom. The number of rotatable bonds is 4. The Kier molecular flexibility index (Phi) is 2.76. The molecule has 0 radical (unpaired) electrons. The summed E-state index contributed by atoms with van der Waals surface area (Å²) < 4.78 is 3.37. The highest BCUT2D eigenvalue weighted by molar-refractivity contribution is 5.70. The number of carbonyl (C=O) groups excluding carboxylic acids is 1. The smallest absolute Gasteiger partial charge is 0.171 e. The van der Waals surface area contributed by atoms with Gasteiger partial charge in [0.25, 0.3) is 0 Å². The van der Waals surface area contributed by atoms with Crippen LogP contribution in [0.3, 0.4) is 0 Å². The van der Waals surface area contributed by atoms with Gasteiger partial charge in [0.2, 0.25) is 0 Å². The van der Waals surface area contributed by atoms with Gasteiger partial charge in [-0.25, -0.2) is 14.3 Å². The van der Waals surface area contributed by atoms with Crippen LogP contribution in [-0.2, 0) is 6.54 Å². The van der Waals surface area contributed by atoms with E-state index in [1.807, 2.05) is 18.5 Å². The zero-order valence-corrected chi connectivity index (χ0v) is 9.11. The summed E-state index contributed by atoms with van der Waals surface area (Å²) in [5.41, 5.74) is 0.315. The predicted octanol–water partition coefficient (Wildman–Crippen LogP) is 0.311. The molecule has 0 spiro atoms. The van der Waals surface area contributed by atoms with E-state index in [1.54, 1.807) is 10.9 Å². The summed E-state index contributed by atoms with van der Waals surface area (Å²) in [4.78, 5) is 14.6. The van der Waals surface area contributed by atoms with Crippen molar-refractivity contribution in [1.29, 1.82) is 0 Å². The third kappa shape index (κ3) is 1.97. The predicted molar refractivity (Wildman–Crippen MR) is 54.9 cm³/mol.